The first-order valence-electron chi connectivity index (χ1n) is 7.44. The number of anilines is 1. The Kier molecular flexibility index (Phi) is 5.24. The highest BCUT2D eigenvalue weighted by Crippen LogP contribution is 2.32. The van der Waals surface area contributed by atoms with E-state index in [1.165, 1.54) is 38.9 Å². The van der Waals surface area contributed by atoms with Crippen LogP contribution in [0.1, 0.15) is 32.6 Å². The van der Waals surface area contributed by atoms with Gasteiger partial charge in [0.05, 0.1) is 7.11 Å². The first-order chi connectivity index (χ1) is 9.63. The van der Waals surface area contributed by atoms with Crippen molar-refractivity contribution in [3.05, 3.63) is 24.0 Å². The third-order valence-corrected chi connectivity index (χ3v) is 4.30. The smallest absolute Gasteiger partial charge is 0.165 e. The number of benzene rings is 1. The minimum absolute atomic E-state index is 0.243. The van der Waals surface area contributed by atoms with Crippen LogP contribution >= 0.6 is 0 Å². The Hall–Kier alpha value is -1.29. The normalized spacial score (nSPS) is 24.2. The molecule has 0 bridgehead atoms. The van der Waals surface area contributed by atoms with E-state index in [0.29, 0.717) is 12.5 Å². The molecule has 1 aromatic rings. The molecular formula is C16H25FN2O. The van der Waals surface area contributed by atoms with Crippen LogP contribution in [0.15, 0.2) is 18.2 Å². The summed E-state index contributed by atoms with van der Waals surface area (Å²) >= 11 is 0. The summed E-state index contributed by atoms with van der Waals surface area (Å²) in [5.41, 5.74) is 6.80. The minimum atomic E-state index is -0.339. The van der Waals surface area contributed by atoms with Crippen LogP contribution in [0.25, 0.3) is 0 Å². The molecule has 1 aliphatic carbocycles. The largest absolute Gasteiger partial charge is 0.494 e. The molecule has 0 aliphatic heterocycles. The predicted octanol–water partition coefficient (Wildman–Crippen LogP) is 3.40. The molecule has 112 valence electrons. The Morgan fingerprint density at radius 3 is 2.90 bits per heavy atom. The molecule has 0 amide bonds. The van der Waals surface area contributed by atoms with Crippen molar-refractivity contribution < 1.29 is 9.13 Å². The summed E-state index contributed by atoms with van der Waals surface area (Å²) in [6.45, 7) is 2.90. The second-order valence-electron chi connectivity index (χ2n) is 5.87. The second-order valence-corrected chi connectivity index (χ2v) is 5.87. The lowest BCUT2D eigenvalue weighted by molar-refractivity contribution is 0.257. The lowest BCUT2D eigenvalue weighted by Crippen LogP contribution is -2.38. The van der Waals surface area contributed by atoms with Crippen molar-refractivity contribution in [3.8, 4) is 5.75 Å². The van der Waals surface area contributed by atoms with Crippen LogP contribution in [0, 0.1) is 17.7 Å². The molecule has 1 fully saturated rings. The SMILES string of the molecule is COc1cc(NC(CN)C2CCCC(C)C2)ccc1F. The van der Waals surface area contributed by atoms with Crippen LogP contribution in [0.4, 0.5) is 10.1 Å². The number of nitrogens with two attached hydrogens (primary N) is 1. The first kappa shape index (κ1) is 15.1. The third kappa shape index (κ3) is 3.63. The highest BCUT2D eigenvalue weighted by atomic mass is 19.1. The van der Waals surface area contributed by atoms with Crippen molar-refractivity contribution in [3.63, 3.8) is 0 Å². The van der Waals surface area contributed by atoms with E-state index in [0.717, 1.165) is 11.6 Å². The number of rotatable bonds is 5. The molecule has 2 rings (SSSR count). The lowest BCUT2D eigenvalue weighted by atomic mass is 9.78. The molecule has 3 unspecified atom stereocenters. The van der Waals surface area contributed by atoms with Gasteiger partial charge in [0.2, 0.25) is 0 Å². The molecule has 1 saturated carbocycles. The van der Waals surface area contributed by atoms with E-state index < -0.39 is 0 Å². The number of methoxy groups -OCH3 is 1. The molecular weight excluding hydrogens is 255 g/mol. The van der Waals surface area contributed by atoms with Gasteiger partial charge in [-0.05, 0) is 36.8 Å². The molecule has 0 radical (unpaired) electrons. The van der Waals surface area contributed by atoms with Gasteiger partial charge in [-0.1, -0.05) is 19.8 Å². The summed E-state index contributed by atoms with van der Waals surface area (Å²) < 4.78 is 18.4. The number of halogens is 1. The molecule has 0 saturated heterocycles. The number of ether oxygens (including phenoxy) is 1. The fourth-order valence-electron chi connectivity index (χ4n) is 3.18. The summed E-state index contributed by atoms with van der Waals surface area (Å²) in [5, 5.41) is 3.45. The first-order valence-corrected chi connectivity index (χ1v) is 7.44. The zero-order valence-electron chi connectivity index (χ0n) is 12.4. The van der Waals surface area contributed by atoms with E-state index in [2.05, 4.69) is 12.2 Å². The van der Waals surface area contributed by atoms with Gasteiger partial charge in [-0.2, -0.15) is 0 Å². The highest BCUT2D eigenvalue weighted by molar-refractivity contribution is 5.49. The summed E-state index contributed by atoms with van der Waals surface area (Å²) in [5.74, 6) is 1.29. The van der Waals surface area contributed by atoms with Crippen LogP contribution in [-0.4, -0.2) is 19.7 Å². The van der Waals surface area contributed by atoms with Crippen LogP contribution < -0.4 is 15.8 Å². The molecule has 4 heteroatoms. The van der Waals surface area contributed by atoms with Crippen molar-refractivity contribution in [2.75, 3.05) is 19.0 Å². The molecule has 3 atom stereocenters. The highest BCUT2D eigenvalue weighted by Gasteiger charge is 2.25. The van der Waals surface area contributed by atoms with Gasteiger partial charge in [-0.3, -0.25) is 0 Å². The molecule has 1 aromatic carbocycles. The molecule has 20 heavy (non-hydrogen) atoms. The van der Waals surface area contributed by atoms with Gasteiger partial charge in [0, 0.05) is 24.3 Å². The molecule has 0 spiro atoms. The van der Waals surface area contributed by atoms with Gasteiger partial charge in [0.25, 0.3) is 0 Å². The zero-order valence-corrected chi connectivity index (χ0v) is 12.4. The Morgan fingerprint density at radius 2 is 2.25 bits per heavy atom. The van der Waals surface area contributed by atoms with Crippen LogP contribution in [-0.2, 0) is 0 Å². The molecule has 3 nitrogen and oxygen atoms in total. The Morgan fingerprint density at radius 1 is 1.45 bits per heavy atom. The average molecular weight is 280 g/mol. The Bertz CT molecular complexity index is 438. The van der Waals surface area contributed by atoms with E-state index in [1.54, 1.807) is 12.1 Å². The molecule has 0 heterocycles. The second kappa shape index (κ2) is 6.93. The van der Waals surface area contributed by atoms with E-state index in [1.807, 2.05) is 0 Å². The van der Waals surface area contributed by atoms with Crippen molar-refractivity contribution in [2.45, 2.75) is 38.6 Å². The molecule has 3 N–H and O–H groups in total. The Labute approximate surface area is 120 Å². The zero-order chi connectivity index (χ0) is 14.5. The van der Waals surface area contributed by atoms with Crippen molar-refractivity contribution in [1.82, 2.24) is 0 Å². The molecule has 1 aliphatic rings. The van der Waals surface area contributed by atoms with E-state index in [-0.39, 0.29) is 17.6 Å². The van der Waals surface area contributed by atoms with Gasteiger partial charge in [-0.25, -0.2) is 4.39 Å². The monoisotopic (exact) mass is 280 g/mol. The third-order valence-electron chi connectivity index (χ3n) is 4.30. The fourth-order valence-corrected chi connectivity index (χ4v) is 3.18. The predicted molar refractivity (Wildman–Crippen MR) is 80.5 cm³/mol. The summed E-state index contributed by atoms with van der Waals surface area (Å²) in [4.78, 5) is 0. The average Bonchev–Trinajstić information content (AvgIpc) is 2.46. The topological polar surface area (TPSA) is 47.3 Å². The van der Waals surface area contributed by atoms with E-state index >= 15 is 0 Å². The maximum absolute atomic E-state index is 13.4. The number of hydrogen-bond donors (Lipinski definition) is 2. The van der Waals surface area contributed by atoms with Crippen molar-refractivity contribution in [1.29, 1.82) is 0 Å². The van der Waals surface area contributed by atoms with Gasteiger partial charge >= 0.3 is 0 Å². The number of nitrogens with one attached hydrogen (secondary N) is 1. The van der Waals surface area contributed by atoms with Crippen LogP contribution in [0.3, 0.4) is 0 Å². The fraction of sp³-hybridized carbons (Fsp3) is 0.625. The quantitative estimate of drug-likeness (QED) is 0.869. The maximum Gasteiger partial charge on any atom is 0.165 e. The van der Waals surface area contributed by atoms with Gasteiger partial charge in [0.1, 0.15) is 0 Å². The Balaban J connectivity index is 2.05. The summed E-state index contributed by atoms with van der Waals surface area (Å²) in [6, 6.07) is 5.11. The standard InChI is InChI=1S/C16H25FN2O/c1-11-4-3-5-12(8-11)15(10-18)19-13-6-7-14(17)16(9-13)20-2/h6-7,9,11-12,15,19H,3-5,8,10,18H2,1-2H3. The van der Waals surface area contributed by atoms with E-state index in [4.69, 9.17) is 10.5 Å². The van der Waals surface area contributed by atoms with E-state index in [9.17, 15) is 4.39 Å². The van der Waals surface area contributed by atoms with Crippen molar-refractivity contribution in [2.24, 2.45) is 17.6 Å². The van der Waals surface area contributed by atoms with Crippen LogP contribution in [0.5, 0.6) is 5.75 Å². The maximum atomic E-state index is 13.4. The van der Waals surface area contributed by atoms with Gasteiger partial charge in [-0.15, -0.1) is 0 Å². The minimum Gasteiger partial charge on any atom is -0.494 e. The number of hydrogen-bond acceptors (Lipinski definition) is 3. The van der Waals surface area contributed by atoms with Gasteiger partial charge < -0.3 is 15.8 Å². The molecule has 0 aromatic heterocycles. The van der Waals surface area contributed by atoms with Gasteiger partial charge in [0.15, 0.2) is 11.6 Å². The van der Waals surface area contributed by atoms with Crippen LogP contribution in [0.2, 0.25) is 0 Å². The summed E-state index contributed by atoms with van der Waals surface area (Å²) in [7, 11) is 1.48. The lowest BCUT2D eigenvalue weighted by Gasteiger charge is -2.33. The van der Waals surface area contributed by atoms with Crippen molar-refractivity contribution >= 4 is 5.69 Å². The summed E-state index contributed by atoms with van der Waals surface area (Å²) in [6.07, 6.45) is 5.03.